The van der Waals surface area contributed by atoms with Crippen LogP contribution in [0.4, 0.5) is 0 Å². The summed E-state index contributed by atoms with van der Waals surface area (Å²) in [5.41, 5.74) is 0.191. The monoisotopic (exact) mass is 229 g/mol. The van der Waals surface area contributed by atoms with E-state index < -0.39 is 0 Å². The van der Waals surface area contributed by atoms with E-state index in [9.17, 15) is 9.59 Å². The van der Waals surface area contributed by atoms with Gasteiger partial charge in [-0.15, -0.1) is 0 Å². The van der Waals surface area contributed by atoms with Crippen molar-refractivity contribution in [1.82, 2.24) is 5.32 Å². The van der Waals surface area contributed by atoms with Crippen molar-refractivity contribution in [2.75, 3.05) is 13.2 Å². The fraction of sp³-hybridized carbons (Fsp3) is 0.833. The molecule has 0 aliphatic carbocycles. The summed E-state index contributed by atoms with van der Waals surface area (Å²) in [6.07, 6.45) is 1.86. The van der Waals surface area contributed by atoms with Gasteiger partial charge in [0.05, 0.1) is 6.61 Å². The summed E-state index contributed by atoms with van der Waals surface area (Å²) in [5, 5.41) is 2.63. The van der Waals surface area contributed by atoms with Gasteiger partial charge in [0.15, 0.2) is 0 Å². The number of ether oxygens (including phenoxy) is 1. The van der Waals surface area contributed by atoms with Gasteiger partial charge in [0.25, 0.3) is 0 Å². The molecule has 0 rings (SSSR count). The lowest BCUT2D eigenvalue weighted by molar-refractivity contribution is -0.144. The van der Waals surface area contributed by atoms with E-state index in [-0.39, 0.29) is 17.3 Å². The maximum Gasteiger partial charge on any atom is 0.305 e. The van der Waals surface area contributed by atoms with Gasteiger partial charge in [-0.05, 0) is 18.3 Å². The molecule has 0 heterocycles. The van der Waals surface area contributed by atoms with Crippen LogP contribution in [0.2, 0.25) is 0 Å². The lowest BCUT2D eigenvalue weighted by Crippen LogP contribution is -2.22. The molecule has 0 aliphatic rings. The molecule has 0 atom stereocenters. The summed E-state index contributed by atoms with van der Waals surface area (Å²) in [5.74, 6) is -0.254. The van der Waals surface area contributed by atoms with Gasteiger partial charge >= 0.3 is 5.97 Å². The Balaban J connectivity index is 3.42. The Morgan fingerprint density at radius 2 is 1.88 bits per heavy atom. The van der Waals surface area contributed by atoms with Crippen LogP contribution in [0, 0.1) is 5.41 Å². The summed E-state index contributed by atoms with van der Waals surface area (Å²) < 4.78 is 5.07. The molecule has 0 saturated heterocycles. The molecule has 1 N–H and O–H groups in total. The third-order valence-electron chi connectivity index (χ3n) is 2.05. The molecule has 4 nitrogen and oxygen atoms in total. The molecule has 16 heavy (non-hydrogen) atoms. The zero-order chi connectivity index (χ0) is 12.6. The van der Waals surface area contributed by atoms with Crippen molar-refractivity contribution in [1.29, 1.82) is 0 Å². The normalized spacial score (nSPS) is 11.0. The lowest BCUT2D eigenvalue weighted by Gasteiger charge is -2.17. The molecular formula is C12H23NO3. The molecule has 0 aromatic carbocycles. The topological polar surface area (TPSA) is 55.4 Å². The Kier molecular flexibility index (Phi) is 6.77. The molecule has 0 aromatic heterocycles. The van der Waals surface area contributed by atoms with Crippen LogP contribution >= 0.6 is 0 Å². The van der Waals surface area contributed by atoms with Crippen molar-refractivity contribution in [3.05, 3.63) is 0 Å². The van der Waals surface area contributed by atoms with Crippen LogP contribution in [-0.4, -0.2) is 25.0 Å². The highest BCUT2D eigenvalue weighted by atomic mass is 16.5. The van der Waals surface area contributed by atoms with Crippen LogP contribution in [0.15, 0.2) is 0 Å². The molecule has 94 valence electrons. The van der Waals surface area contributed by atoms with Crippen molar-refractivity contribution >= 4 is 11.9 Å². The molecule has 0 fully saturated rings. The molecule has 0 radical (unpaired) electrons. The van der Waals surface area contributed by atoms with Crippen molar-refractivity contribution in [2.45, 2.75) is 47.0 Å². The van der Waals surface area contributed by atoms with Crippen molar-refractivity contribution in [3.63, 3.8) is 0 Å². The van der Waals surface area contributed by atoms with E-state index in [0.29, 0.717) is 26.0 Å². The first kappa shape index (κ1) is 14.9. The van der Waals surface area contributed by atoms with Crippen molar-refractivity contribution in [3.8, 4) is 0 Å². The van der Waals surface area contributed by atoms with Gasteiger partial charge in [0, 0.05) is 19.9 Å². The standard InChI is InChI=1S/C12H23NO3/c1-10(14)13-8-5-6-11(15)16-9-7-12(2,3)4/h5-9H2,1-4H3,(H,13,14). The molecule has 0 aliphatic heterocycles. The Bertz CT molecular complexity index is 231. The summed E-state index contributed by atoms with van der Waals surface area (Å²) in [7, 11) is 0. The van der Waals surface area contributed by atoms with Crippen molar-refractivity contribution in [2.24, 2.45) is 5.41 Å². The predicted octanol–water partition coefficient (Wildman–Crippen LogP) is 1.88. The summed E-state index contributed by atoms with van der Waals surface area (Å²) >= 11 is 0. The van der Waals surface area contributed by atoms with Crippen LogP contribution < -0.4 is 5.32 Å². The van der Waals surface area contributed by atoms with Gasteiger partial charge in [0.1, 0.15) is 0 Å². The highest BCUT2D eigenvalue weighted by Gasteiger charge is 2.11. The average molecular weight is 229 g/mol. The van der Waals surface area contributed by atoms with Gasteiger partial charge in [0.2, 0.25) is 5.91 Å². The van der Waals surface area contributed by atoms with Gasteiger partial charge in [-0.2, -0.15) is 0 Å². The predicted molar refractivity (Wildman–Crippen MR) is 62.9 cm³/mol. The van der Waals surface area contributed by atoms with E-state index in [4.69, 9.17) is 4.74 Å². The SMILES string of the molecule is CC(=O)NCCCC(=O)OCCC(C)(C)C. The summed E-state index contributed by atoms with van der Waals surface area (Å²) in [6.45, 7) is 8.79. The Morgan fingerprint density at radius 3 is 2.38 bits per heavy atom. The van der Waals surface area contributed by atoms with E-state index >= 15 is 0 Å². The number of amides is 1. The minimum absolute atomic E-state index is 0.0684. The van der Waals surface area contributed by atoms with Gasteiger partial charge in [-0.3, -0.25) is 9.59 Å². The summed E-state index contributed by atoms with van der Waals surface area (Å²) in [6, 6.07) is 0. The first-order chi connectivity index (χ1) is 7.31. The average Bonchev–Trinajstić information content (AvgIpc) is 2.10. The highest BCUT2D eigenvalue weighted by molar-refractivity contribution is 5.73. The fourth-order valence-corrected chi connectivity index (χ4v) is 1.04. The Morgan fingerprint density at radius 1 is 1.25 bits per heavy atom. The molecule has 0 aromatic rings. The van der Waals surface area contributed by atoms with E-state index in [2.05, 4.69) is 26.1 Å². The molecule has 4 heteroatoms. The minimum atomic E-state index is -0.186. The van der Waals surface area contributed by atoms with Gasteiger partial charge in [-0.25, -0.2) is 0 Å². The van der Waals surface area contributed by atoms with E-state index in [0.717, 1.165) is 6.42 Å². The van der Waals surface area contributed by atoms with Crippen LogP contribution in [0.25, 0.3) is 0 Å². The number of carbonyl (C=O) groups is 2. The number of carbonyl (C=O) groups excluding carboxylic acids is 2. The second-order valence-corrected chi connectivity index (χ2v) is 5.12. The van der Waals surface area contributed by atoms with Crippen LogP contribution in [0.3, 0.4) is 0 Å². The number of rotatable bonds is 6. The Labute approximate surface area is 97.7 Å². The number of hydrogen-bond donors (Lipinski definition) is 1. The fourth-order valence-electron chi connectivity index (χ4n) is 1.04. The number of hydrogen-bond acceptors (Lipinski definition) is 3. The van der Waals surface area contributed by atoms with Crippen LogP contribution in [-0.2, 0) is 14.3 Å². The Hall–Kier alpha value is -1.06. The molecule has 0 spiro atoms. The molecular weight excluding hydrogens is 206 g/mol. The van der Waals surface area contributed by atoms with Crippen molar-refractivity contribution < 1.29 is 14.3 Å². The van der Waals surface area contributed by atoms with E-state index in [1.54, 1.807) is 0 Å². The third-order valence-corrected chi connectivity index (χ3v) is 2.05. The van der Waals surface area contributed by atoms with Crippen LogP contribution in [0.1, 0.15) is 47.0 Å². The first-order valence-corrected chi connectivity index (χ1v) is 5.71. The minimum Gasteiger partial charge on any atom is -0.466 e. The second kappa shape index (κ2) is 7.25. The van der Waals surface area contributed by atoms with E-state index in [1.807, 2.05) is 0 Å². The zero-order valence-electron chi connectivity index (χ0n) is 10.8. The maximum absolute atomic E-state index is 11.2. The highest BCUT2D eigenvalue weighted by Crippen LogP contribution is 2.17. The molecule has 0 unspecified atom stereocenters. The maximum atomic E-state index is 11.2. The van der Waals surface area contributed by atoms with Crippen LogP contribution in [0.5, 0.6) is 0 Å². The van der Waals surface area contributed by atoms with Gasteiger partial charge < -0.3 is 10.1 Å². The second-order valence-electron chi connectivity index (χ2n) is 5.12. The third kappa shape index (κ3) is 11.0. The molecule has 1 amide bonds. The zero-order valence-corrected chi connectivity index (χ0v) is 10.8. The first-order valence-electron chi connectivity index (χ1n) is 5.71. The molecule has 0 saturated carbocycles. The molecule has 0 bridgehead atoms. The number of nitrogens with one attached hydrogen (secondary N) is 1. The van der Waals surface area contributed by atoms with E-state index in [1.165, 1.54) is 6.92 Å². The van der Waals surface area contributed by atoms with Gasteiger partial charge in [-0.1, -0.05) is 20.8 Å². The lowest BCUT2D eigenvalue weighted by atomic mass is 9.93. The number of esters is 1. The quantitative estimate of drug-likeness (QED) is 0.559. The smallest absolute Gasteiger partial charge is 0.305 e. The summed E-state index contributed by atoms with van der Waals surface area (Å²) in [4.78, 5) is 21.8. The largest absolute Gasteiger partial charge is 0.466 e.